The van der Waals surface area contributed by atoms with E-state index < -0.39 is 5.60 Å². The largest absolute Gasteiger partial charge is 0.390 e. The van der Waals surface area contributed by atoms with Gasteiger partial charge in [-0.25, -0.2) is 0 Å². The standard InChI is InChI=1S/C15H21NO/c1-15(17)6-8-16(9-7-15)11-13-10-12-4-2-3-5-14(12)13/h2-5,13,17H,6-11H2,1H3. The van der Waals surface area contributed by atoms with E-state index in [1.807, 2.05) is 6.92 Å². The minimum absolute atomic E-state index is 0.423. The second-order valence-corrected chi connectivity index (χ2v) is 5.90. The van der Waals surface area contributed by atoms with Crippen molar-refractivity contribution in [2.24, 2.45) is 0 Å². The highest BCUT2D eigenvalue weighted by Crippen LogP contribution is 2.36. The predicted molar refractivity (Wildman–Crippen MR) is 69.2 cm³/mol. The van der Waals surface area contributed by atoms with Gasteiger partial charge in [0.15, 0.2) is 0 Å². The Morgan fingerprint density at radius 3 is 2.71 bits per heavy atom. The summed E-state index contributed by atoms with van der Waals surface area (Å²) in [6, 6.07) is 8.79. The van der Waals surface area contributed by atoms with Gasteiger partial charge in [0, 0.05) is 25.6 Å². The number of hydrogen-bond acceptors (Lipinski definition) is 2. The Morgan fingerprint density at radius 2 is 2.00 bits per heavy atom. The highest BCUT2D eigenvalue weighted by molar-refractivity contribution is 5.40. The van der Waals surface area contributed by atoms with Crippen LogP contribution in [0, 0.1) is 0 Å². The zero-order valence-corrected chi connectivity index (χ0v) is 10.5. The maximum absolute atomic E-state index is 9.93. The molecule has 92 valence electrons. The minimum Gasteiger partial charge on any atom is -0.390 e. The third kappa shape index (κ3) is 2.24. The molecule has 1 atom stereocenters. The van der Waals surface area contributed by atoms with Crippen molar-refractivity contribution in [2.75, 3.05) is 19.6 Å². The molecule has 1 aromatic rings. The quantitative estimate of drug-likeness (QED) is 0.843. The summed E-state index contributed by atoms with van der Waals surface area (Å²) in [5.74, 6) is 0.731. The van der Waals surface area contributed by atoms with Crippen LogP contribution in [-0.4, -0.2) is 35.2 Å². The number of fused-ring (bicyclic) bond motifs is 1. The number of hydrogen-bond donors (Lipinski definition) is 1. The van der Waals surface area contributed by atoms with Crippen LogP contribution in [0.15, 0.2) is 24.3 Å². The number of piperidine rings is 1. The van der Waals surface area contributed by atoms with Crippen molar-refractivity contribution in [3.63, 3.8) is 0 Å². The first-order valence-corrected chi connectivity index (χ1v) is 6.67. The number of aliphatic hydroxyl groups is 1. The Kier molecular flexibility index (Phi) is 2.72. The van der Waals surface area contributed by atoms with E-state index in [1.165, 1.54) is 18.5 Å². The lowest BCUT2D eigenvalue weighted by Gasteiger charge is -2.40. The molecule has 1 aromatic carbocycles. The van der Waals surface area contributed by atoms with Gasteiger partial charge in [0.05, 0.1) is 5.60 Å². The zero-order chi connectivity index (χ0) is 11.9. The fourth-order valence-electron chi connectivity index (χ4n) is 3.05. The molecule has 1 N–H and O–H groups in total. The molecule has 0 amide bonds. The first-order chi connectivity index (χ1) is 8.14. The number of likely N-dealkylation sites (tertiary alicyclic amines) is 1. The predicted octanol–water partition coefficient (Wildman–Crippen LogP) is 2.17. The van der Waals surface area contributed by atoms with Crippen LogP contribution in [-0.2, 0) is 6.42 Å². The van der Waals surface area contributed by atoms with Crippen LogP contribution in [0.3, 0.4) is 0 Å². The summed E-state index contributed by atoms with van der Waals surface area (Å²) in [6.45, 7) is 5.23. The van der Waals surface area contributed by atoms with Crippen molar-refractivity contribution in [1.82, 2.24) is 4.90 Å². The van der Waals surface area contributed by atoms with Crippen molar-refractivity contribution in [3.05, 3.63) is 35.4 Å². The smallest absolute Gasteiger partial charge is 0.0644 e. The third-order valence-electron chi connectivity index (χ3n) is 4.37. The summed E-state index contributed by atoms with van der Waals surface area (Å²) in [6.07, 6.45) is 3.08. The van der Waals surface area contributed by atoms with Crippen LogP contribution in [0.25, 0.3) is 0 Å². The summed E-state index contributed by atoms with van der Waals surface area (Å²) < 4.78 is 0. The molecule has 0 spiro atoms. The summed E-state index contributed by atoms with van der Waals surface area (Å²) >= 11 is 0. The topological polar surface area (TPSA) is 23.5 Å². The SMILES string of the molecule is CC1(O)CCN(CC2Cc3ccccc32)CC1. The van der Waals surface area contributed by atoms with E-state index in [1.54, 1.807) is 5.56 Å². The molecule has 1 aliphatic carbocycles. The molecule has 2 nitrogen and oxygen atoms in total. The summed E-state index contributed by atoms with van der Waals surface area (Å²) in [5, 5.41) is 9.93. The van der Waals surface area contributed by atoms with Crippen molar-refractivity contribution < 1.29 is 5.11 Å². The average molecular weight is 231 g/mol. The maximum atomic E-state index is 9.93. The van der Waals surface area contributed by atoms with E-state index in [2.05, 4.69) is 29.2 Å². The van der Waals surface area contributed by atoms with Crippen LogP contribution >= 0.6 is 0 Å². The van der Waals surface area contributed by atoms with E-state index in [-0.39, 0.29) is 0 Å². The van der Waals surface area contributed by atoms with Gasteiger partial charge in [-0.1, -0.05) is 24.3 Å². The van der Waals surface area contributed by atoms with E-state index in [9.17, 15) is 5.11 Å². The fourth-order valence-corrected chi connectivity index (χ4v) is 3.05. The second-order valence-electron chi connectivity index (χ2n) is 5.90. The summed E-state index contributed by atoms with van der Waals surface area (Å²) in [4.78, 5) is 2.51. The van der Waals surface area contributed by atoms with Gasteiger partial charge in [-0.3, -0.25) is 0 Å². The molecule has 2 heteroatoms. The number of benzene rings is 1. The molecular weight excluding hydrogens is 210 g/mol. The average Bonchev–Trinajstić information content (AvgIpc) is 2.28. The van der Waals surface area contributed by atoms with Crippen LogP contribution in [0.1, 0.15) is 36.8 Å². The molecule has 1 aliphatic heterocycles. The van der Waals surface area contributed by atoms with Gasteiger partial charge in [-0.2, -0.15) is 0 Å². The van der Waals surface area contributed by atoms with Gasteiger partial charge in [0.25, 0.3) is 0 Å². The highest BCUT2D eigenvalue weighted by Gasteiger charge is 2.31. The Morgan fingerprint density at radius 1 is 1.29 bits per heavy atom. The van der Waals surface area contributed by atoms with E-state index >= 15 is 0 Å². The van der Waals surface area contributed by atoms with E-state index in [0.29, 0.717) is 0 Å². The summed E-state index contributed by atoms with van der Waals surface area (Å²) in [7, 11) is 0. The molecule has 1 saturated heterocycles. The molecule has 3 rings (SSSR count). The second kappa shape index (κ2) is 4.11. The van der Waals surface area contributed by atoms with Gasteiger partial charge in [-0.05, 0) is 37.3 Å². The normalized spacial score (nSPS) is 27.3. The Labute approximate surface area is 103 Å². The molecule has 17 heavy (non-hydrogen) atoms. The molecule has 0 aromatic heterocycles. The molecule has 1 unspecified atom stereocenters. The van der Waals surface area contributed by atoms with Crippen LogP contribution in [0.4, 0.5) is 0 Å². The Balaban J connectivity index is 1.57. The maximum Gasteiger partial charge on any atom is 0.0644 e. The Bertz CT molecular complexity index is 403. The van der Waals surface area contributed by atoms with Crippen molar-refractivity contribution in [3.8, 4) is 0 Å². The van der Waals surface area contributed by atoms with E-state index in [4.69, 9.17) is 0 Å². The van der Waals surface area contributed by atoms with Gasteiger partial charge >= 0.3 is 0 Å². The van der Waals surface area contributed by atoms with Crippen LogP contribution in [0.5, 0.6) is 0 Å². The molecule has 0 bridgehead atoms. The van der Waals surface area contributed by atoms with Gasteiger partial charge < -0.3 is 10.0 Å². The zero-order valence-electron chi connectivity index (χ0n) is 10.5. The van der Waals surface area contributed by atoms with E-state index in [0.717, 1.165) is 31.8 Å². The monoisotopic (exact) mass is 231 g/mol. The first kappa shape index (κ1) is 11.2. The summed E-state index contributed by atoms with van der Waals surface area (Å²) in [5.41, 5.74) is 2.65. The first-order valence-electron chi connectivity index (χ1n) is 6.67. The molecule has 1 fully saturated rings. The highest BCUT2D eigenvalue weighted by atomic mass is 16.3. The number of rotatable bonds is 2. The Hall–Kier alpha value is -0.860. The molecular formula is C15H21NO. The third-order valence-corrected chi connectivity index (χ3v) is 4.37. The van der Waals surface area contributed by atoms with Crippen LogP contribution < -0.4 is 0 Å². The van der Waals surface area contributed by atoms with Gasteiger partial charge in [0.2, 0.25) is 0 Å². The lowest BCUT2D eigenvalue weighted by atomic mass is 9.77. The van der Waals surface area contributed by atoms with Crippen LogP contribution in [0.2, 0.25) is 0 Å². The lowest BCUT2D eigenvalue weighted by molar-refractivity contribution is -0.00706. The van der Waals surface area contributed by atoms with Gasteiger partial charge in [-0.15, -0.1) is 0 Å². The van der Waals surface area contributed by atoms with Gasteiger partial charge in [0.1, 0.15) is 0 Å². The molecule has 1 heterocycles. The van der Waals surface area contributed by atoms with Crippen molar-refractivity contribution in [2.45, 2.75) is 37.7 Å². The minimum atomic E-state index is -0.423. The van der Waals surface area contributed by atoms with Crippen molar-refractivity contribution in [1.29, 1.82) is 0 Å². The fraction of sp³-hybridized carbons (Fsp3) is 0.600. The molecule has 2 aliphatic rings. The molecule has 0 saturated carbocycles. The number of nitrogens with zero attached hydrogens (tertiary/aromatic N) is 1. The molecule has 0 radical (unpaired) electrons. The van der Waals surface area contributed by atoms with Crippen molar-refractivity contribution >= 4 is 0 Å². The lowest BCUT2D eigenvalue weighted by Crippen LogP contribution is -2.44.